The van der Waals surface area contributed by atoms with Crippen LogP contribution in [0.5, 0.6) is 11.5 Å². The molecule has 1 aliphatic rings. The Kier molecular flexibility index (Phi) is 4.35. The number of fused-ring (bicyclic) bond motifs is 1. The van der Waals surface area contributed by atoms with Crippen molar-refractivity contribution in [1.29, 1.82) is 0 Å². The Morgan fingerprint density at radius 3 is 2.62 bits per heavy atom. The summed E-state index contributed by atoms with van der Waals surface area (Å²) in [7, 11) is 0. The number of benzene rings is 1. The van der Waals surface area contributed by atoms with Crippen LogP contribution in [0.1, 0.15) is 25.8 Å². The minimum Gasteiger partial charge on any atom is -0.490 e. The summed E-state index contributed by atoms with van der Waals surface area (Å²) in [5, 5.41) is 9.61. The summed E-state index contributed by atoms with van der Waals surface area (Å²) in [6.45, 7) is 4.62. The van der Waals surface area contributed by atoms with Crippen LogP contribution in [-0.4, -0.2) is 42.1 Å². The number of amides is 1. The van der Waals surface area contributed by atoms with E-state index in [0.717, 1.165) is 6.42 Å². The van der Waals surface area contributed by atoms with Gasteiger partial charge in [-0.3, -0.25) is 4.79 Å². The SMILES string of the molecule is CCN(C=O)C(C)(C(=O)O)c1ccc2c(c1)OCCCO2. The van der Waals surface area contributed by atoms with Crippen LogP contribution < -0.4 is 9.47 Å². The minimum absolute atomic E-state index is 0.292. The fraction of sp³-hybridized carbons (Fsp3) is 0.467. The number of carboxylic acids is 1. The summed E-state index contributed by atoms with van der Waals surface area (Å²) in [4.78, 5) is 24.2. The number of hydrogen-bond donors (Lipinski definition) is 1. The van der Waals surface area contributed by atoms with Gasteiger partial charge >= 0.3 is 5.97 Å². The number of carboxylic acid groups (broad SMARTS) is 1. The van der Waals surface area contributed by atoms with Crippen molar-refractivity contribution in [2.24, 2.45) is 0 Å². The van der Waals surface area contributed by atoms with Gasteiger partial charge in [0.25, 0.3) is 0 Å². The molecule has 1 N–H and O–H groups in total. The lowest BCUT2D eigenvalue weighted by molar-refractivity contribution is -0.154. The Morgan fingerprint density at radius 2 is 2.05 bits per heavy atom. The fourth-order valence-corrected chi connectivity index (χ4v) is 2.37. The zero-order chi connectivity index (χ0) is 15.5. The maximum Gasteiger partial charge on any atom is 0.334 e. The average Bonchev–Trinajstić information content (AvgIpc) is 2.72. The van der Waals surface area contributed by atoms with Crippen molar-refractivity contribution in [3.8, 4) is 11.5 Å². The average molecular weight is 293 g/mol. The van der Waals surface area contributed by atoms with Crippen LogP contribution in [0.4, 0.5) is 0 Å². The van der Waals surface area contributed by atoms with Crippen LogP contribution >= 0.6 is 0 Å². The third-order valence-electron chi connectivity index (χ3n) is 3.77. The second-order valence-electron chi connectivity index (χ2n) is 4.98. The van der Waals surface area contributed by atoms with Crippen LogP contribution in [0.3, 0.4) is 0 Å². The molecule has 0 spiro atoms. The zero-order valence-corrected chi connectivity index (χ0v) is 12.2. The summed E-state index contributed by atoms with van der Waals surface area (Å²) >= 11 is 0. The molecule has 1 aliphatic heterocycles. The number of rotatable bonds is 5. The van der Waals surface area contributed by atoms with Gasteiger partial charge in [-0.2, -0.15) is 0 Å². The number of nitrogens with zero attached hydrogens (tertiary/aromatic N) is 1. The van der Waals surface area contributed by atoms with E-state index in [1.165, 1.54) is 11.8 Å². The Balaban J connectivity index is 2.48. The largest absolute Gasteiger partial charge is 0.490 e. The highest BCUT2D eigenvalue weighted by Crippen LogP contribution is 2.36. The monoisotopic (exact) mass is 293 g/mol. The van der Waals surface area contributed by atoms with E-state index in [1.807, 2.05) is 0 Å². The van der Waals surface area contributed by atoms with Crippen LogP contribution in [0.2, 0.25) is 0 Å². The molecule has 0 bridgehead atoms. The Bertz CT molecular complexity index is 545. The topological polar surface area (TPSA) is 76.1 Å². The second-order valence-corrected chi connectivity index (χ2v) is 4.98. The first-order chi connectivity index (χ1) is 10.0. The molecule has 114 valence electrons. The number of carbonyl (C=O) groups excluding carboxylic acids is 1. The lowest BCUT2D eigenvalue weighted by Gasteiger charge is -2.35. The third-order valence-corrected chi connectivity index (χ3v) is 3.77. The molecule has 0 saturated heterocycles. The third kappa shape index (κ3) is 2.66. The quantitative estimate of drug-likeness (QED) is 0.835. The Morgan fingerprint density at radius 1 is 1.38 bits per heavy atom. The Labute approximate surface area is 123 Å². The number of likely N-dealkylation sites (N-methyl/N-ethyl adjacent to an activating group) is 1. The highest BCUT2D eigenvalue weighted by atomic mass is 16.5. The van der Waals surface area contributed by atoms with Gasteiger partial charge in [0.15, 0.2) is 17.0 Å². The van der Waals surface area contributed by atoms with Gasteiger partial charge in [-0.1, -0.05) is 6.07 Å². The van der Waals surface area contributed by atoms with Gasteiger partial charge in [-0.15, -0.1) is 0 Å². The molecule has 1 atom stereocenters. The van der Waals surface area contributed by atoms with Gasteiger partial charge < -0.3 is 19.5 Å². The minimum atomic E-state index is -1.44. The maximum absolute atomic E-state index is 11.7. The highest BCUT2D eigenvalue weighted by molar-refractivity contribution is 5.83. The van der Waals surface area contributed by atoms with Gasteiger partial charge in [0.2, 0.25) is 6.41 Å². The molecule has 1 heterocycles. The summed E-state index contributed by atoms with van der Waals surface area (Å²) in [6, 6.07) is 4.99. The molecule has 1 amide bonds. The van der Waals surface area contributed by atoms with E-state index in [-0.39, 0.29) is 0 Å². The van der Waals surface area contributed by atoms with Crippen molar-refractivity contribution < 1.29 is 24.2 Å². The molecule has 0 saturated carbocycles. The summed E-state index contributed by atoms with van der Waals surface area (Å²) < 4.78 is 11.1. The highest BCUT2D eigenvalue weighted by Gasteiger charge is 2.41. The van der Waals surface area contributed by atoms with E-state index in [0.29, 0.717) is 43.2 Å². The summed E-state index contributed by atoms with van der Waals surface area (Å²) in [5.74, 6) is 0.0171. The van der Waals surface area contributed by atoms with Gasteiger partial charge in [0.05, 0.1) is 13.2 Å². The first-order valence-electron chi connectivity index (χ1n) is 6.89. The molecule has 1 aromatic rings. The molecule has 0 fully saturated rings. The van der Waals surface area contributed by atoms with Crippen molar-refractivity contribution in [2.75, 3.05) is 19.8 Å². The zero-order valence-electron chi connectivity index (χ0n) is 12.2. The molecule has 6 heteroatoms. The summed E-state index contributed by atoms with van der Waals surface area (Å²) in [6.07, 6.45) is 1.33. The van der Waals surface area contributed by atoms with E-state index in [4.69, 9.17) is 9.47 Å². The molecule has 1 aromatic carbocycles. The predicted molar refractivity (Wildman–Crippen MR) is 75.5 cm³/mol. The number of ether oxygens (including phenoxy) is 2. The van der Waals surface area contributed by atoms with Gasteiger partial charge in [-0.25, -0.2) is 4.79 Å². The first-order valence-corrected chi connectivity index (χ1v) is 6.89. The maximum atomic E-state index is 11.7. The number of carbonyl (C=O) groups is 2. The normalized spacial score (nSPS) is 16.5. The van der Waals surface area contributed by atoms with Crippen molar-refractivity contribution in [2.45, 2.75) is 25.8 Å². The van der Waals surface area contributed by atoms with Crippen LogP contribution in [0.15, 0.2) is 18.2 Å². The van der Waals surface area contributed by atoms with Crippen molar-refractivity contribution in [3.63, 3.8) is 0 Å². The van der Waals surface area contributed by atoms with E-state index in [1.54, 1.807) is 25.1 Å². The van der Waals surface area contributed by atoms with Gasteiger partial charge in [0.1, 0.15) is 0 Å². The first kappa shape index (κ1) is 15.2. The standard InChI is InChI=1S/C15H19NO5/c1-3-16(10-17)15(2,14(18)19)11-5-6-12-13(9-11)21-8-4-7-20-12/h5-6,9-10H,3-4,7-8H2,1-2H3,(H,18,19). The predicted octanol–water partition coefficient (Wildman–Crippen LogP) is 1.63. The molecular weight excluding hydrogens is 274 g/mol. The van der Waals surface area contributed by atoms with Gasteiger partial charge in [0, 0.05) is 13.0 Å². The fourth-order valence-electron chi connectivity index (χ4n) is 2.37. The molecule has 21 heavy (non-hydrogen) atoms. The molecule has 0 aliphatic carbocycles. The smallest absolute Gasteiger partial charge is 0.334 e. The molecule has 1 unspecified atom stereocenters. The lowest BCUT2D eigenvalue weighted by atomic mass is 9.90. The second kappa shape index (κ2) is 6.03. The van der Waals surface area contributed by atoms with Crippen LogP contribution in [-0.2, 0) is 15.1 Å². The van der Waals surface area contributed by atoms with Crippen molar-refractivity contribution >= 4 is 12.4 Å². The molecule has 2 rings (SSSR count). The van der Waals surface area contributed by atoms with Crippen LogP contribution in [0, 0.1) is 0 Å². The molecule has 0 radical (unpaired) electrons. The van der Waals surface area contributed by atoms with Gasteiger partial charge in [-0.05, 0) is 31.5 Å². The molecule has 6 nitrogen and oxygen atoms in total. The lowest BCUT2D eigenvalue weighted by Crippen LogP contribution is -2.49. The number of aliphatic carboxylic acids is 1. The van der Waals surface area contributed by atoms with Crippen molar-refractivity contribution in [1.82, 2.24) is 4.90 Å². The van der Waals surface area contributed by atoms with Crippen molar-refractivity contribution in [3.05, 3.63) is 23.8 Å². The molecule has 0 aromatic heterocycles. The van der Waals surface area contributed by atoms with E-state index in [9.17, 15) is 14.7 Å². The van der Waals surface area contributed by atoms with E-state index in [2.05, 4.69) is 0 Å². The summed E-state index contributed by atoms with van der Waals surface area (Å²) in [5.41, 5.74) is -0.963. The van der Waals surface area contributed by atoms with Crippen LogP contribution in [0.25, 0.3) is 0 Å². The Hall–Kier alpha value is -2.24. The van der Waals surface area contributed by atoms with E-state index >= 15 is 0 Å². The van der Waals surface area contributed by atoms with E-state index < -0.39 is 11.5 Å². The molecular formula is C15H19NO5. The number of hydrogen-bond acceptors (Lipinski definition) is 4.